The van der Waals surface area contributed by atoms with Gasteiger partial charge in [0.15, 0.2) is 0 Å². The summed E-state index contributed by atoms with van der Waals surface area (Å²) in [7, 11) is 0. The predicted molar refractivity (Wildman–Crippen MR) is 86.3 cm³/mol. The summed E-state index contributed by atoms with van der Waals surface area (Å²) in [5.41, 5.74) is 3.32. The zero-order chi connectivity index (χ0) is 16.4. The van der Waals surface area contributed by atoms with Gasteiger partial charge in [0, 0.05) is 18.3 Å². The number of esters is 1. The highest BCUT2D eigenvalue weighted by molar-refractivity contribution is 6.30. The van der Waals surface area contributed by atoms with E-state index in [0.717, 1.165) is 11.3 Å². The number of aromatic amines is 1. The second kappa shape index (κ2) is 6.38. The minimum Gasteiger partial charge on any atom is -0.462 e. The van der Waals surface area contributed by atoms with E-state index in [-0.39, 0.29) is 5.02 Å². The largest absolute Gasteiger partial charge is 0.462 e. The highest BCUT2D eigenvalue weighted by atomic mass is 35.5. The Morgan fingerprint density at radius 3 is 2.91 bits per heavy atom. The van der Waals surface area contributed by atoms with E-state index < -0.39 is 11.8 Å². The Morgan fingerprint density at radius 1 is 1.35 bits per heavy atom. The van der Waals surface area contributed by atoms with Crippen LogP contribution in [0.25, 0.3) is 11.0 Å². The van der Waals surface area contributed by atoms with Crippen LogP contribution in [-0.2, 0) is 11.2 Å². The van der Waals surface area contributed by atoms with Gasteiger partial charge in [0.2, 0.25) is 0 Å². The number of benzene rings is 1. The molecule has 0 radical (unpaired) electrons. The number of hydrogen-bond donors (Lipinski definition) is 1. The summed E-state index contributed by atoms with van der Waals surface area (Å²) < 4.78 is 18.6. The van der Waals surface area contributed by atoms with Crippen molar-refractivity contribution in [3.05, 3.63) is 64.2 Å². The van der Waals surface area contributed by atoms with Crippen molar-refractivity contribution in [2.45, 2.75) is 13.3 Å². The molecular weight excluding hydrogens is 319 g/mol. The molecule has 3 rings (SSSR count). The Bertz CT molecular complexity index is 876. The molecule has 0 unspecified atom stereocenters. The van der Waals surface area contributed by atoms with Gasteiger partial charge in [-0.05, 0) is 36.8 Å². The molecule has 0 bridgehead atoms. The van der Waals surface area contributed by atoms with Gasteiger partial charge >= 0.3 is 5.97 Å². The fourth-order valence-electron chi connectivity index (χ4n) is 2.42. The quantitative estimate of drug-likeness (QED) is 0.731. The van der Waals surface area contributed by atoms with Gasteiger partial charge in [-0.1, -0.05) is 17.7 Å². The van der Waals surface area contributed by atoms with Gasteiger partial charge in [0.25, 0.3) is 0 Å². The lowest BCUT2D eigenvalue weighted by Crippen LogP contribution is -2.05. The lowest BCUT2D eigenvalue weighted by molar-refractivity contribution is 0.0528. The predicted octanol–water partition coefficient (Wildman–Crippen LogP) is 4.12. The van der Waals surface area contributed by atoms with Gasteiger partial charge in [-0.25, -0.2) is 9.18 Å². The van der Waals surface area contributed by atoms with Crippen molar-refractivity contribution in [1.29, 1.82) is 0 Å². The molecule has 3 aromatic rings. The Hall–Kier alpha value is -2.40. The molecule has 6 heteroatoms. The normalized spacial score (nSPS) is 10.9. The van der Waals surface area contributed by atoms with Crippen LogP contribution in [0.15, 0.2) is 36.5 Å². The average Bonchev–Trinajstić information content (AvgIpc) is 2.93. The maximum atomic E-state index is 13.5. The number of aromatic nitrogens is 2. The summed E-state index contributed by atoms with van der Waals surface area (Å²) in [6, 6.07) is 8.13. The third-order valence-electron chi connectivity index (χ3n) is 3.45. The number of hydrogen-bond acceptors (Lipinski definition) is 3. The second-order valence-corrected chi connectivity index (χ2v) is 5.47. The summed E-state index contributed by atoms with van der Waals surface area (Å²) in [4.78, 5) is 19.4. The van der Waals surface area contributed by atoms with Gasteiger partial charge < -0.3 is 9.72 Å². The maximum Gasteiger partial charge on any atom is 0.340 e. The van der Waals surface area contributed by atoms with Crippen LogP contribution >= 0.6 is 11.6 Å². The summed E-state index contributed by atoms with van der Waals surface area (Å²) >= 11 is 5.69. The van der Waals surface area contributed by atoms with Crippen molar-refractivity contribution >= 4 is 28.6 Å². The van der Waals surface area contributed by atoms with Crippen LogP contribution < -0.4 is 0 Å². The first-order valence-corrected chi connectivity index (χ1v) is 7.54. The van der Waals surface area contributed by atoms with Gasteiger partial charge in [0.1, 0.15) is 5.82 Å². The number of H-pyrrole nitrogens is 1. The monoisotopic (exact) mass is 332 g/mol. The number of halogens is 2. The average molecular weight is 333 g/mol. The molecule has 0 saturated heterocycles. The van der Waals surface area contributed by atoms with Crippen molar-refractivity contribution in [3.63, 3.8) is 0 Å². The zero-order valence-corrected chi connectivity index (χ0v) is 13.2. The van der Waals surface area contributed by atoms with Crippen LogP contribution in [-0.4, -0.2) is 22.5 Å². The van der Waals surface area contributed by atoms with Crippen molar-refractivity contribution < 1.29 is 13.9 Å². The standard InChI is InChI=1S/C17H14ClFN2O2/c1-2-23-17(22)12-5-6-20-15-9-11(21-16(12)15)7-10-3-4-13(18)14(19)8-10/h3-6,8-9,21H,2,7H2,1H3. The van der Waals surface area contributed by atoms with Gasteiger partial charge in [-0.2, -0.15) is 0 Å². The van der Waals surface area contributed by atoms with Crippen LogP contribution in [0.1, 0.15) is 28.5 Å². The van der Waals surface area contributed by atoms with Crippen LogP contribution in [0.5, 0.6) is 0 Å². The van der Waals surface area contributed by atoms with Gasteiger partial charge in [-0.3, -0.25) is 4.98 Å². The molecule has 0 saturated carbocycles. The molecule has 0 aliphatic rings. The Labute approximate surface area is 137 Å². The smallest absolute Gasteiger partial charge is 0.340 e. The first-order valence-electron chi connectivity index (χ1n) is 7.16. The number of nitrogens with one attached hydrogen (secondary N) is 1. The Morgan fingerprint density at radius 2 is 2.17 bits per heavy atom. The molecule has 23 heavy (non-hydrogen) atoms. The van der Waals surface area contributed by atoms with E-state index in [1.54, 1.807) is 25.3 Å². The van der Waals surface area contributed by atoms with Crippen molar-refractivity contribution in [2.75, 3.05) is 6.61 Å². The molecule has 2 aromatic heterocycles. The van der Waals surface area contributed by atoms with E-state index in [0.29, 0.717) is 29.6 Å². The molecule has 118 valence electrons. The Kier molecular flexibility index (Phi) is 4.30. The summed E-state index contributed by atoms with van der Waals surface area (Å²) in [6.07, 6.45) is 2.04. The topological polar surface area (TPSA) is 55.0 Å². The summed E-state index contributed by atoms with van der Waals surface area (Å²) in [5.74, 6) is -0.851. The van der Waals surface area contributed by atoms with E-state index >= 15 is 0 Å². The summed E-state index contributed by atoms with van der Waals surface area (Å²) in [5, 5.41) is 0.0941. The third-order valence-corrected chi connectivity index (χ3v) is 3.76. The molecule has 1 aromatic carbocycles. The molecule has 0 aliphatic carbocycles. The first-order chi connectivity index (χ1) is 11.1. The second-order valence-electron chi connectivity index (χ2n) is 5.06. The third kappa shape index (κ3) is 3.19. The number of nitrogens with zero attached hydrogens (tertiary/aromatic N) is 1. The van der Waals surface area contributed by atoms with Crippen molar-refractivity contribution in [3.8, 4) is 0 Å². The van der Waals surface area contributed by atoms with E-state index in [9.17, 15) is 9.18 Å². The van der Waals surface area contributed by atoms with Crippen LogP contribution in [0.4, 0.5) is 4.39 Å². The molecular formula is C17H14ClFN2O2. The fraction of sp³-hybridized carbons (Fsp3) is 0.176. The van der Waals surface area contributed by atoms with Crippen molar-refractivity contribution in [2.24, 2.45) is 0 Å². The molecule has 1 N–H and O–H groups in total. The van der Waals surface area contributed by atoms with Gasteiger partial charge in [-0.15, -0.1) is 0 Å². The van der Waals surface area contributed by atoms with E-state index in [1.165, 1.54) is 12.1 Å². The molecule has 4 nitrogen and oxygen atoms in total. The number of ether oxygens (including phenoxy) is 1. The molecule has 0 fully saturated rings. The lowest BCUT2D eigenvalue weighted by atomic mass is 10.1. The lowest BCUT2D eigenvalue weighted by Gasteiger charge is -2.02. The molecule has 0 amide bonds. The van der Waals surface area contributed by atoms with Crippen molar-refractivity contribution in [1.82, 2.24) is 9.97 Å². The molecule has 0 aliphatic heterocycles. The van der Waals surface area contributed by atoms with E-state index in [4.69, 9.17) is 16.3 Å². The molecule has 0 spiro atoms. The SMILES string of the molecule is CCOC(=O)c1ccnc2cc(Cc3ccc(Cl)c(F)c3)[nH]c12. The van der Waals surface area contributed by atoms with Crippen LogP contribution in [0.2, 0.25) is 5.02 Å². The minimum atomic E-state index is -0.453. The minimum absolute atomic E-state index is 0.0941. The van der Waals surface area contributed by atoms with Gasteiger partial charge in [0.05, 0.1) is 28.2 Å². The van der Waals surface area contributed by atoms with E-state index in [1.807, 2.05) is 6.07 Å². The number of fused-ring (bicyclic) bond motifs is 1. The number of carbonyl (C=O) groups is 1. The highest BCUT2D eigenvalue weighted by Gasteiger charge is 2.14. The molecule has 0 atom stereocenters. The number of rotatable bonds is 4. The summed E-state index contributed by atoms with van der Waals surface area (Å²) in [6.45, 7) is 2.06. The fourth-order valence-corrected chi connectivity index (χ4v) is 2.54. The number of carbonyl (C=O) groups excluding carboxylic acids is 1. The zero-order valence-electron chi connectivity index (χ0n) is 12.4. The van der Waals surface area contributed by atoms with E-state index in [2.05, 4.69) is 9.97 Å². The Balaban J connectivity index is 1.95. The molecule has 2 heterocycles. The number of pyridine rings is 1. The van der Waals surface area contributed by atoms with Crippen LogP contribution in [0.3, 0.4) is 0 Å². The first kappa shape index (κ1) is 15.5. The maximum absolute atomic E-state index is 13.5. The van der Waals surface area contributed by atoms with Crippen LogP contribution in [0, 0.1) is 5.82 Å². The highest BCUT2D eigenvalue weighted by Crippen LogP contribution is 2.22.